The van der Waals surface area contributed by atoms with Gasteiger partial charge in [0, 0.05) is 11.8 Å². The molecule has 5 rings (SSSR count). The summed E-state index contributed by atoms with van der Waals surface area (Å²) < 4.78 is 0. The van der Waals surface area contributed by atoms with Gasteiger partial charge in [-0.3, -0.25) is 0 Å². The minimum atomic E-state index is 0.225. The predicted octanol–water partition coefficient (Wildman–Crippen LogP) is 7.00. The summed E-state index contributed by atoms with van der Waals surface area (Å²) >= 11 is 0. The Kier molecular flexibility index (Phi) is 4.51. The highest BCUT2D eigenvalue weighted by atomic mass is 14.9. The fourth-order valence-electron chi connectivity index (χ4n) is 4.83. The first-order valence-electron chi connectivity index (χ1n) is 10.6. The molecular formula is C28H26N2. The quantitative estimate of drug-likeness (QED) is 0.527. The van der Waals surface area contributed by atoms with E-state index in [-0.39, 0.29) is 5.92 Å². The Bertz CT molecular complexity index is 1190. The zero-order chi connectivity index (χ0) is 20.8. The third kappa shape index (κ3) is 2.95. The Labute approximate surface area is 178 Å². The molecule has 148 valence electrons. The van der Waals surface area contributed by atoms with Crippen molar-refractivity contribution in [3.05, 3.63) is 106 Å². The van der Waals surface area contributed by atoms with Gasteiger partial charge in [-0.1, -0.05) is 72.9 Å². The summed E-state index contributed by atoms with van der Waals surface area (Å²) in [5.41, 5.74) is 11.7. The van der Waals surface area contributed by atoms with E-state index in [9.17, 15) is 0 Å². The van der Waals surface area contributed by atoms with Crippen LogP contribution >= 0.6 is 0 Å². The second kappa shape index (κ2) is 7.21. The SMILES string of the molecule is Cc1cccc(C)c1N=C1C2=CC=CC3=CC=C[C@H](C1=Nc1c(C)cccc1C)[C@@H]32. The highest BCUT2D eigenvalue weighted by Gasteiger charge is 2.43. The lowest BCUT2D eigenvalue weighted by molar-refractivity contribution is 0.680. The van der Waals surface area contributed by atoms with Crippen LogP contribution in [0.3, 0.4) is 0 Å². The van der Waals surface area contributed by atoms with Crippen molar-refractivity contribution in [1.29, 1.82) is 0 Å². The molecule has 1 saturated carbocycles. The van der Waals surface area contributed by atoms with Crippen molar-refractivity contribution in [1.82, 2.24) is 0 Å². The zero-order valence-electron chi connectivity index (χ0n) is 18.0. The molecule has 0 heterocycles. The smallest absolute Gasteiger partial charge is 0.0897 e. The molecule has 0 aromatic heterocycles. The summed E-state index contributed by atoms with van der Waals surface area (Å²) in [5, 5.41) is 0. The van der Waals surface area contributed by atoms with E-state index in [0.29, 0.717) is 5.92 Å². The van der Waals surface area contributed by atoms with Gasteiger partial charge in [0.25, 0.3) is 0 Å². The van der Waals surface area contributed by atoms with Crippen molar-refractivity contribution in [2.45, 2.75) is 27.7 Å². The van der Waals surface area contributed by atoms with Crippen molar-refractivity contribution in [3.8, 4) is 0 Å². The van der Waals surface area contributed by atoms with Crippen molar-refractivity contribution in [2.24, 2.45) is 21.8 Å². The van der Waals surface area contributed by atoms with E-state index in [1.807, 2.05) is 0 Å². The summed E-state index contributed by atoms with van der Waals surface area (Å²) in [6.07, 6.45) is 13.3. The van der Waals surface area contributed by atoms with Crippen LogP contribution in [0.5, 0.6) is 0 Å². The lowest BCUT2D eigenvalue weighted by Crippen LogP contribution is -2.18. The molecule has 0 N–H and O–H groups in total. The van der Waals surface area contributed by atoms with Gasteiger partial charge in [-0.2, -0.15) is 0 Å². The largest absolute Gasteiger partial charge is 0.250 e. The average Bonchev–Trinajstić information content (AvgIpc) is 3.02. The molecule has 30 heavy (non-hydrogen) atoms. The van der Waals surface area contributed by atoms with Crippen LogP contribution in [0.15, 0.2) is 94.0 Å². The molecular weight excluding hydrogens is 364 g/mol. The van der Waals surface area contributed by atoms with E-state index in [2.05, 4.69) is 101 Å². The van der Waals surface area contributed by atoms with E-state index < -0.39 is 0 Å². The Morgan fingerprint density at radius 2 is 1.30 bits per heavy atom. The highest BCUT2D eigenvalue weighted by molar-refractivity contribution is 6.53. The van der Waals surface area contributed by atoms with E-state index in [0.717, 1.165) is 22.8 Å². The van der Waals surface area contributed by atoms with Crippen molar-refractivity contribution >= 4 is 22.8 Å². The van der Waals surface area contributed by atoms with Gasteiger partial charge in [0.2, 0.25) is 0 Å². The Hall–Kier alpha value is -3.26. The van der Waals surface area contributed by atoms with Gasteiger partial charge in [0.1, 0.15) is 0 Å². The summed E-state index contributed by atoms with van der Waals surface area (Å²) in [7, 11) is 0. The molecule has 2 aromatic rings. The number of aryl methyl sites for hydroxylation is 4. The van der Waals surface area contributed by atoms with Gasteiger partial charge >= 0.3 is 0 Å². The Morgan fingerprint density at radius 3 is 1.93 bits per heavy atom. The molecule has 0 aliphatic heterocycles. The standard InChI is InChI=1S/C28H26N2/c1-17-9-5-10-18(2)25(17)29-27-22-15-7-13-21-14-8-16-23(24(21)22)28(27)30-26-19(3)11-6-12-20(26)4/h5-16,22,24H,1-4H3/t22-,24+/m0/s1. The van der Waals surface area contributed by atoms with Gasteiger partial charge in [0.15, 0.2) is 0 Å². The molecule has 2 nitrogen and oxygen atoms in total. The first-order valence-corrected chi connectivity index (χ1v) is 10.6. The van der Waals surface area contributed by atoms with Crippen molar-refractivity contribution < 1.29 is 0 Å². The maximum atomic E-state index is 5.28. The molecule has 0 spiro atoms. The lowest BCUT2D eigenvalue weighted by atomic mass is 9.80. The van der Waals surface area contributed by atoms with Crippen LogP contribution in [0, 0.1) is 39.5 Å². The van der Waals surface area contributed by atoms with Gasteiger partial charge in [-0.25, -0.2) is 9.98 Å². The fraction of sp³-hybridized carbons (Fsp3) is 0.214. The van der Waals surface area contributed by atoms with Gasteiger partial charge in [0.05, 0.1) is 22.8 Å². The predicted molar refractivity (Wildman–Crippen MR) is 127 cm³/mol. The van der Waals surface area contributed by atoms with Crippen LogP contribution in [-0.2, 0) is 0 Å². The number of hydrogen-bond donors (Lipinski definition) is 0. The minimum absolute atomic E-state index is 0.225. The van der Waals surface area contributed by atoms with Gasteiger partial charge in [-0.15, -0.1) is 0 Å². The molecule has 0 radical (unpaired) electrons. The third-order valence-electron chi connectivity index (χ3n) is 6.39. The van der Waals surface area contributed by atoms with E-state index in [1.54, 1.807) is 0 Å². The van der Waals surface area contributed by atoms with Crippen LogP contribution < -0.4 is 0 Å². The molecule has 2 heteroatoms. The monoisotopic (exact) mass is 390 g/mol. The maximum absolute atomic E-state index is 5.28. The van der Waals surface area contributed by atoms with Crippen LogP contribution in [0.1, 0.15) is 22.3 Å². The van der Waals surface area contributed by atoms with E-state index >= 15 is 0 Å². The van der Waals surface area contributed by atoms with E-state index in [1.165, 1.54) is 33.4 Å². The summed E-state index contributed by atoms with van der Waals surface area (Å²) in [5.74, 6) is 0.537. The molecule has 2 aromatic carbocycles. The van der Waals surface area contributed by atoms with Crippen molar-refractivity contribution in [2.75, 3.05) is 0 Å². The second-order valence-electron chi connectivity index (χ2n) is 8.47. The number of benzene rings is 2. The third-order valence-corrected chi connectivity index (χ3v) is 6.39. The normalized spacial score (nSPS) is 24.3. The zero-order valence-corrected chi connectivity index (χ0v) is 18.0. The van der Waals surface area contributed by atoms with Gasteiger partial charge in [-0.05, 0) is 61.1 Å². The average molecular weight is 391 g/mol. The topological polar surface area (TPSA) is 24.7 Å². The van der Waals surface area contributed by atoms with Crippen molar-refractivity contribution in [3.63, 3.8) is 0 Å². The number of nitrogens with zero attached hydrogens (tertiary/aromatic N) is 2. The number of rotatable bonds is 2. The Balaban J connectivity index is 1.77. The molecule has 0 amide bonds. The minimum Gasteiger partial charge on any atom is -0.250 e. The molecule has 3 aliphatic rings. The van der Waals surface area contributed by atoms with Gasteiger partial charge < -0.3 is 0 Å². The van der Waals surface area contributed by atoms with Crippen LogP contribution in [-0.4, -0.2) is 11.4 Å². The van der Waals surface area contributed by atoms with Crippen LogP contribution in [0.2, 0.25) is 0 Å². The molecule has 3 aliphatic carbocycles. The molecule has 0 bridgehead atoms. The van der Waals surface area contributed by atoms with Crippen LogP contribution in [0.4, 0.5) is 11.4 Å². The first kappa shape index (κ1) is 18.7. The Morgan fingerprint density at radius 1 is 0.700 bits per heavy atom. The highest BCUT2D eigenvalue weighted by Crippen LogP contribution is 2.45. The lowest BCUT2D eigenvalue weighted by Gasteiger charge is -2.23. The summed E-state index contributed by atoms with van der Waals surface area (Å²) in [4.78, 5) is 10.5. The summed E-state index contributed by atoms with van der Waals surface area (Å²) in [6.45, 7) is 8.55. The second-order valence-corrected chi connectivity index (χ2v) is 8.47. The summed E-state index contributed by atoms with van der Waals surface area (Å²) in [6, 6.07) is 12.7. The van der Waals surface area contributed by atoms with Crippen LogP contribution in [0.25, 0.3) is 0 Å². The number of aliphatic imine (C=N–C) groups is 2. The molecule has 0 unspecified atom stereocenters. The fourth-order valence-corrected chi connectivity index (χ4v) is 4.83. The number of allylic oxidation sites excluding steroid dienone is 8. The molecule has 2 atom stereocenters. The molecule has 0 saturated heterocycles. The van der Waals surface area contributed by atoms with E-state index in [4.69, 9.17) is 9.98 Å². The maximum Gasteiger partial charge on any atom is 0.0897 e. The first-order chi connectivity index (χ1) is 14.5. The molecule has 1 fully saturated rings. The number of hydrogen-bond acceptors (Lipinski definition) is 2. The number of para-hydroxylation sites is 2.